The molecule has 0 aromatic heterocycles. The number of hydrogen-bond acceptors (Lipinski definition) is 3. The number of halogens is 3. The fraction of sp³-hybridized carbons (Fsp3) is 0.333. The first-order chi connectivity index (χ1) is 13.9. The minimum atomic E-state index is -1.65. The van der Waals surface area contributed by atoms with Crippen molar-refractivity contribution in [3.8, 4) is 0 Å². The second kappa shape index (κ2) is 11.2. The van der Waals surface area contributed by atoms with Crippen LogP contribution in [0.1, 0.15) is 18.9 Å². The number of anilines is 1. The van der Waals surface area contributed by atoms with Gasteiger partial charge in [0, 0.05) is 6.54 Å². The molecule has 0 unspecified atom stereocenters. The third-order valence-corrected chi connectivity index (χ3v) is 4.16. The van der Waals surface area contributed by atoms with Crippen molar-refractivity contribution in [3.63, 3.8) is 0 Å². The molecule has 0 heterocycles. The Hall–Kier alpha value is -2.87. The first-order valence-corrected chi connectivity index (χ1v) is 9.37. The molecule has 0 aliphatic heterocycles. The van der Waals surface area contributed by atoms with Crippen LogP contribution in [-0.4, -0.2) is 42.9 Å². The number of carbonyl (C=O) groups excluding carboxylic acids is 2. The highest BCUT2D eigenvalue weighted by atomic mass is 19.2. The summed E-state index contributed by atoms with van der Waals surface area (Å²) >= 11 is 0. The lowest BCUT2D eigenvalue weighted by molar-refractivity contribution is -0.123. The lowest BCUT2D eigenvalue weighted by Crippen LogP contribution is -2.42. The second-order valence-corrected chi connectivity index (χ2v) is 6.57. The molecule has 0 aliphatic carbocycles. The molecule has 5 nitrogen and oxygen atoms in total. The monoisotopic (exact) mass is 407 g/mol. The van der Waals surface area contributed by atoms with Gasteiger partial charge in [-0.1, -0.05) is 37.3 Å². The summed E-state index contributed by atoms with van der Waals surface area (Å²) in [5, 5.41) is 5.01. The number of rotatable bonds is 10. The quantitative estimate of drug-likeness (QED) is 0.595. The van der Waals surface area contributed by atoms with Gasteiger partial charge in [-0.3, -0.25) is 14.5 Å². The molecule has 156 valence electrons. The Morgan fingerprint density at radius 3 is 2.31 bits per heavy atom. The Bertz CT molecular complexity index is 831. The van der Waals surface area contributed by atoms with Crippen LogP contribution in [0.4, 0.5) is 18.9 Å². The zero-order valence-corrected chi connectivity index (χ0v) is 16.2. The lowest BCUT2D eigenvalue weighted by Gasteiger charge is -2.20. The van der Waals surface area contributed by atoms with Gasteiger partial charge in [-0.2, -0.15) is 0 Å². The first kappa shape index (κ1) is 22.4. The summed E-state index contributed by atoms with van der Waals surface area (Å²) in [5.41, 5.74) is 0.656. The molecule has 29 heavy (non-hydrogen) atoms. The topological polar surface area (TPSA) is 61.4 Å². The van der Waals surface area contributed by atoms with Gasteiger partial charge in [-0.05, 0) is 37.1 Å². The third-order valence-electron chi connectivity index (χ3n) is 4.16. The van der Waals surface area contributed by atoms with Crippen molar-refractivity contribution >= 4 is 17.5 Å². The number of benzene rings is 2. The fourth-order valence-electron chi connectivity index (χ4n) is 2.80. The average molecular weight is 407 g/mol. The van der Waals surface area contributed by atoms with Gasteiger partial charge in [0.1, 0.15) is 0 Å². The molecular formula is C21H24F3N3O2. The molecule has 0 saturated heterocycles. The van der Waals surface area contributed by atoms with E-state index in [9.17, 15) is 22.8 Å². The highest BCUT2D eigenvalue weighted by Gasteiger charge is 2.18. The van der Waals surface area contributed by atoms with Crippen molar-refractivity contribution in [2.24, 2.45) is 0 Å². The van der Waals surface area contributed by atoms with Gasteiger partial charge < -0.3 is 10.6 Å². The number of carbonyl (C=O) groups is 2. The molecule has 0 saturated carbocycles. The molecule has 2 aromatic rings. The summed E-state index contributed by atoms with van der Waals surface area (Å²) in [7, 11) is 0. The third kappa shape index (κ3) is 7.23. The van der Waals surface area contributed by atoms with Crippen LogP contribution in [0.3, 0.4) is 0 Å². The zero-order valence-electron chi connectivity index (χ0n) is 16.2. The van der Waals surface area contributed by atoms with Crippen LogP contribution < -0.4 is 10.6 Å². The summed E-state index contributed by atoms with van der Waals surface area (Å²) < 4.78 is 39.9. The van der Waals surface area contributed by atoms with Gasteiger partial charge in [-0.15, -0.1) is 0 Å². The smallest absolute Gasteiger partial charge is 0.238 e. The Kier molecular flexibility index (Phi) is 8.67. The molecule has 2 aromatic carbocycles. The van der Waals surface area contributed by atoms with Crippen LogP contribution in [0.5, 0.6) is 0 Å². The van der Waals surface area contributed by atoms with E-state index in [0.717, 1.165) is 17.7 Å². The Balaban J connectivity index is 1.84. The van der Waals surface area contributed by atoms with E-state index < -0.39 is 29.0 Å². The second-order valence-electron chi connectivity index (χ2n) is 6.57. The maximum atomic E-state index is 13.7. The molecule has 2 N–H and O–H groups in total. The van der Waals surface area contributed by atoms with E-state index in [1.807, 2.05) is 37.3 Å². The zero-order chi connectivity index (χ0) is 21.2. The summed E-state index contributed by atoms with van der Waals surface area (Å²) in [6, 6.07) is 11.4. The minimum absolute atomic E-state index is 0.00366. The van der Waals surface area contributed by atoms with E-state index in [2.05, 4.69) is 10.6 Å². The fourth-order valence-corrected chi connectivity index (χ4v) is 2.80. The standard InChI is InChI=1S/C21H24F3N3O2/c1-2-12-27(13-18(28)25-11-10-15-6-4-3-5-7-15)14-19(29)26-17-9-8-16(22)20(23)21(17)24/h3-9H,2,10-14H2,1H3,(H,25,28)(H,26,29). The first-order valence-electron chi connectivity index (χ1n) is 9.37. The Morgan fingerprint density at radius 1 is 0.931 bits per heavy atom. The van der Waals surface area contributed by atoms with Crippen molar-refractivity contribution in [1.29, 1.82) is 0 Å². The molecule has 0 fully saturated rings. The molecule has 0 atom stereocenters. The van der Waals surface area contributed by atoms with Gasteiger partial charge in [0.15, 0.2) is 17.5 Å². The molecular weight excluding hydrogens is 383 g/mol. The molecule has 8 heteroatoms. The van der Waals surface area contributed by atoms with Crippen molar-refractivity contribution < 1.29 is 22.8 Å². The molecule has 2 rings (SSSR count). The van der Waals surface area contributed by atoms with Gasteiger partial charge >= 0.3 is 0 Å². The van der Waals surface area contributed by atoms with Gasteiger partial charge in [0.25, 0.3) is 0 Å². The Morgan fingerprint density at radius 2 is 1.62 bits per heavy atom. The Labute approximate surface area is 167 Å². The van der Waals surface area contributed by atoms with Crippen molar-refractivity contribution in [2.45, 2.75) is 19.8 Å². The van der Waals surface area contributed by atoms with Crippen LogP contribution in [0.15, 0.2) is 42.5 Å². The van der Waals surface area contributed by atoms with Crippen molar-refractivity contribution in [1.82, 2.24) is 10.2 Å². The minimum Gasteiger partial charge on any atom is -0.355 e. The number of nitrogens with one attached hydrogen (secondary N) is 2. The number of nitrogens with zero attached hydrogens (tertiary/aromatic N) is 1. The maximum Gasteiger partial charge on any atom is 0.238 e. The summed E-state index contributed by atoms with van der Waals surface area (Å²) in [6.07, 6.45) is 1.39. The van der Waals surface area contributed by atoms with Crippen LogP contribution in [0.2, 0.25) is 0 Å². The highest BCUT2D eigenvalue weighted by Crippen LogP contribution is 2.19. The molecule has 0 aliphatic rings. The van der Waals surface area contributed by atoms with E-state index in [0.29, 0.717) is 25.9 Å². The predicted octanol–water partition coefficient (Wildman–Crippen LogP) is 3.11. The van der Waals surface area contributed by atoms with Gasteiger partial charge in [-0.25, -0.2) is 13.2 Å². The van der Waals surface area contributed by atoms with Crippen LogP contribution >= 0.6 is 0 Å². The van der Waals surface area contributed by atoms with Gasteiger partial charge in [0.2, 0.25) is 11.8 Å². The summed E-state index contributed by atoms with van der Waals surface area (Å²) in [6.45, 7) is 2.65. The SMILES string of the molecule is CCCN(CC(=O)NCCc1ccccc1)CC(=O)Nc1ccc(F)c(F)c1F. The van der Waals surface area contributed by atoms with E-state index >= 15 is 0 Å². The van der Waals surface area contributed by atoms with E-state index in [1.54, 1.807) is 4.90 Å². The number of amides is 2. The van der Waals surface area contributed by atoms with Gasteiger partial charge in [0.05, 0.1) is 18.8 Å². The molecule has 2 amide bonds. The van der Waals surface area contributed by atoms with Crippen LogP contribution in [0, 0.1) is 17.5 Å². The van der Waals surface area contributed by atoms with E-state index in [1.165, 1.54) is 0 Å². The van der Waals surface area contributed by atoms with Crippen LogP contribution in [0.25, 0.3) is 0 Å². The maximum absolute atomic E-state index is 13.7. The van der Waals surface area contributed by atoms with E-state index in [-0.39, 0.29) is 19.0 Å². The summed E-state index contributed by atoms with van der Waals surface area (Å²) in [5.74, 6) is -5.30. The molecule has 0 spiro atoms. The normalized spacial score (nSPS) is 10.8. The number of hydrogen-bond donors (Lipinski definition) is 2. The molecule has 0 bridgehead atoms. The van der Waals surface area contributed by atoms with E-state index in [4.69, 9.17) is 0 Å². The lowest BCUT2D eigenvalue weighted by atomic mass is 10.1. The predicted molar refractivity (Wildman–Crippen MR) is 105 cm³/mol. The van der Waals surface area contributed by atoms with Crippen LogP contribution in [-0.2, 0) is 16.0 Å². The summed E-state index contributed by atoms with van der Waals surface area (Å²) in [4.78, 5) is 25.9. The largest absolute Gasteiger partial charge is 0.355 e. The molecule has 0 radical (unpaired) electrons. The van der Waals surface area contributed by atoms with Crippen molar-refractivity contribution in [2.75, 3.05) is 31.5 Å². The average Bonchev–Trinajstić information content (AvgIpc) is 2.69. The van der Waals surface area contributed by atoms with Crippen molar-refractivity contribution in [3.05, 3.63) is 65.5 Å². The highest BCUT2D eigenvalue weighted by molar-refractivity contribution is 5.92.